The summed E-state index contributed by atoms with van der Waals surface area (Å²) in [4.78, 5) is 10.1. The first kappa shape index (κ1) is 16.5. The monoisotopic (exact) mass is 808 g/mol. The topological polar surface area (TPSA) is 29.0 Å². The molecule has 0 aliphatic rings. The molecule has 0 aliphatic carbocycles. The summed E-state index contributed by atoms with van der Waals surface area (Å²) >= 11 is 0. The minimum atomic E-state index is -0.886. The molecular formula is C58H39N3. The van der Waals surface area contributed by atoms with Gasteiger partial charge < -0.3 is 4.90 Å². The fourth-order valence-corrected chi connectivity index (χ4v) is 6.72. The first-order valence-electron chi connectivity index (χ1n) is 33.3. The van der Waals surface area contributed by atoms with E-state index in [0.717, 1.165) is 35.2 Å². The third-order valence-electron chi connectivity index (χ3n) is 9.44. The van der Waals surface area contributed by atoms with Gasteiger partial charge in [-0.05, 0) is 93.5 Å². The Hall–Kier alpha value is -8.14. The Bertz CT molecular complexity index is 5000. The van der Waals surface area contributed by atoms with Gasteiger partial charge in [-0.15, -0.1) is 0 Å². The number of pyridine rings is 2. The van der Waals surface area contributed by atoms with Crippen LogP contribution in [0.5, 0.6) is 0 Å². The fraction of sp³-hybridized carbons (Fsp3) is 0. The van der Waals surface area contributed by atoms with Gasteiger partial charge in [-0.2, -0.15) is 0 Å². The number of benzene rings is 9. The summed E-state index contributed by atoms with van der Waals surface area (Å²) in [6.07, 6.45) is 0. The summed E-state index contributed by atoms with van der Waals surface area (Å²) in [5, 5.41) is -1.54. The van der Waals surface area contributed by atoms with Crippen molar-refractivity contribution in [3.63, 3.8) is 0 Å². The zero-order chi connectivity index (χ0) is 66.6. The molecule has 61 heavy (non-hydrogen) atoms. The van der Waals surface area contributed by atoms with Crippen LogP contribution >= 0.6 is 0 Å². The Morgan fingerprint density at radius 2 is 1.03 bits per heavy atom. The lowest BCUT2D eigenvalue weighted by atomic mass is 9.92. The highest BCUT2D eigenvalue weighted by Crippen LogP contribution is 2.41. The van der Waals surface area contributed by atoms with Crippen LogP contribution in [0.25, 0.3) is 88.5 Å². The molecule has 0 unspecified atom stereocenters. The van der Waals surface area contributed by atoms with Crippen LogP contribution in [0, 0.1) is 0 Å². The number of rotatable bonds is 8. The Morgan fingerprint density at radius 1 is 0.344 bits per heavy atom. The zero-order valence-electron chi connectivity index (χ0n) is 61.0. The van der Waals surface area contributed by atoms with E-state index in [1.165, 1.54) is 24.3 Å². The van der Waals surface area contributed by atoms with E-state index >= 15 is 0 Å². The van der Waals surface area contributed by atoms with Crippen LogP contribution in [0.3, 0.4) is 0 Å². The second-order valence-corrected chi connectivity index (χ2v) is 13.0. The van der Waals surface area contributed by atoms with Crippen molar-refractivity contribution in [2.45, 2.75) is 0 Å². The van der Waals surface area contributed by atoms with Gasteiger partial charge >= 0.3 is 0 Å². The lowest BCUT2D eigenvalue weighted by molar-refractivity contribution is 1.28. The largest absolute Gasteiger partial charge is 0.311 e. The average Bonchev–Trinajstić information content (AvgIpc) is 0.716. The molecule has 3 nitrogen and oxygen atoms in total. The molecule has 2 heterocycles. The molecule has 2 aromatic heterocycles. The minimum absolute atomic E-state index is 0.216. The predicted octanol–water partition coefficient (Wildman–Crippen LogP) is 15.7. The van der Waals surface area contributed by atoms with Crippen LogP contribution in [0.1, 0.15) is 41.1 Å². The van der Waals surface area contributed by atoms with E-state index in [1.54, 1.807) is 0 Å². The highest BCUT2D eigenvalue weighted by atomic mass is 15.1. The van der Waals surface area contributed by atoms with Crippen LogP contribution < -0.4 is 4.90 Å². The maximum atomic E-state index is 10.1. The minimum Gasteiger partial charge on any atom is -0.311 e. The fourth-order valence-electron chi connectivity index (χ4n) is 6.72. The molecule has 0 saturated carbocycles. The summed E-state index contributed by atoms with van der Waals surface area (Å²) in [5.41, 5.74) is -6.50. The smallest absolute Gasteiger partial charge is 0.0788 e. The summed E-state index contributed by atoms with van der Waals surface area (Å²) in [6, 6.07) is -11.7. The van der Waals surface area contributed by atoms with E-state index < -0.39 is 220 Å². The molecule has 0 bridgehead atoms. The third kappa shape index (κ3) is 6.88. The van der Waals surface area contributed by atoms with Gasteiger partial charge in [0, 0.05) is 49.9 Å². The molecule has 3 heteroatoms. The molecule has 0 spiro atoms. The number of anilines is 3. The van der Waals surface area contributed by atoms with Crippen molar-refractivity contribution in [2.75, 3.05) is 4.90 Å². The van der Waals surface area contributed by atoms with E-state index in [0.29, 0.717) is 0 Å². The van der Waals surface area contributed by atoms with E-state index in [1.807, 2.05) is 0 Å². The number of nitrogens with zero attached hydrogens (tertiary/aromatic N) is 3. The maximum Gasteiger partial charge on any atom is 0.0788 e. The normalized spacial score (nSPS) is 18.2. The molecular weight excluding hydrogens is 739 g/mol. The Morgan fingerprint density at radius 3 is 1.87 bits per heavy atom. The first-order valence-corrected chi connectivity index (χ1v) is 18.3. The first-order chi connectivity index (χ1) is 42.7. The van der Waals surface area contributed by atoms with Crippen molar-refractivity contribution in [1.82, 2.24) is 9.97 Å². The highest BCUT2D eigenvalue weighted by Gasteiger charge is 2.17. The molecule has 11 aromatic rings. The van der Waals surface area contributed by atoms with Gasteiger partial charge in [-0.3, -0.25) is 0 Å². The van der Waals surface area contributed by atoms with Gasteiger partial charge in [-0.25, -0.2) is 9.97 Å². The Balaban J connectivity index is 1.19. The third-order valence-corrected chi connectivity index (χ3v) is 9.44. The van der Waals surface area contributed by atoms with Crippen LogP contribution in [0.15, 0.2) is 236 Å². The van der Waals surface area contributed by atoms with E-state index in [2.05, 4.69) is 4.98 Å². The zero-order valence-corrected chi connectivity index (χ0v) is 31.0. The predicted molar refractivity (Wildman–Crippen MR) is 256 cm³/mol. The Labute approximate surface area is 397 Å². The second-order valence-electron chi connectivity index (χ2n) is 13.0. The quantitative estimate of drug-likeness (QED) is 0.143. The van der Waals surface area contributed by atoms with Gasteiger partial charge in [0.05, 0.1) is 63.7 Å². The molecule has 0 aliphatic heterocycles. The van der Waals surface area contributed by atoms with Crippen molar-refractivity contribution in [3.8, 4) is 56.0 Å². The summed E-state index contributed by atoms with van der Waals surface area (Å²) in [7, 11) is 0. The van der Waals surface area contributed by atoms with Crippen LogP contribution in [-0.2, 0) is 0 Å². The van der Waals surface area contributed by atoms with Gasteiger partial charge in [0.2, 0.25) is 0 Å². The highest BCUT2D eigenvalue weighted by molar-refractivity contribution is 6.22. The van der Waals surface area contributed by atoms with Gasteiger partial charge in [0.1, 0.15) is 0 Å². The van der Waals surface area contributed by atoms with E-state index in [4.69, 9.17) is 32.4 Å². The number of hydrogen-bond donors (Lipinski definition) is 0. The molecule has 0 radical (unpaired) electrons. The number of fused-ring (bicyclic) bond motifs is 5. The molecule has 286 valence electrons. The number of hydrogen-bond acceptors (Lipinski definition) is 3. The lowest BCUT2D eigenvalue weighted by Gasteiger charge is -2.25. The molecule has 0 amide bonds. The molecule has 0 N–H and O–H groups in total. The molecule has 11 rings (SSSR count). The van der Waals surface area contributed by atoms with Gasteiger partial charge in [0.25, 0.3) is 0 Å². The second kappa shape index (κ2) is 15.6. The molecule has 0 fully saturated rings. The summed E-state index contributed by atoms with van der Waals surface area (Å²) in [6.45, 7) is 0. The van der Waals surface area contributed by atoms with Crippen molar-refractivity contribution in [1.29, 1.82) is 0 Å². The standard InChI is InChI=1S/C58H39N3/c1-5-16-43(17-6-1)55-38-47(39-56(59-55)44-18-7-2-8-19-44)46-32-36-54-53(37-46)57-51-24-14-13-15-42(51)31-35-52(57)58(60-54)45-27-25-40(26-28-45)41-29-33-50(34-30-41)61(48-20-9-3-10-21-48)49-22-11-4-12-23-49/h1-39H/i1D,2D,3D,5D,6D,7D,8D,9D,10D,11D,13D,14D,15D,16D,17D,18D,19D,20D,22D,23D,24D,25D,26D,27D,29D,31D,33D,37D,38D,39D. The number of para-hydroxylation sites is 2. The van der Waals surface area contributed by atoms with Gasteiger partial charge in [0.15, 0.2) is 0 Å². The molecule has 0 saturated heterocycles. The number of aromatic nitrogens is 2. The molecule has 9 aromatic carbocycles. The lowest BCUT2D eigenvalue weighted by Crippen LogP contribution is -2.09. The Kier molecular flexibility index (Phi) is 4.20. The van der Waals surface area contributed by atoms with Crippen LogP contribution in [0.2, 0.25) is 0 Å². The van der Waals surface area contributed by atoms with Crippen LogP contribution in [-0.4, -0.2) is 9.97 Å². The van der Waals surface area contributed by atoms with Crippen LogP contribution in [0.4, 0.5) is 17.1 Å². The summed E-state index contributed by atoms with van der Waals surface area (Å²) < 4.78 is 267. The van der Waals surface area contributed by atoms with Crippen molar-refractivity contribution >= 4 is 49.5 Å². The van der Waals surface area contributed by atoms with Gasteiger partial charge in [-0.1, -0.05) is 175 Å². The SMILES string of the molecule is [2H]c1cc(N(c2ccc(-c3c([2H])cc(-c4nc5ccc(-c6c([2H])c(-c7c([2H])c([2H])c([2H])c([2H])c7[2H])nc(-c7c([2H])c([2H])c([2H])c([2H])c7[2H])c6[2H])c([2H])c5c5c4cc([2H])c4c([2H])c([2H])c([2H])c([2H])c45)c([2H])c3[2H])c([2H])c2[2H])c2c([2H])ccc([2H])c2[2H])c([2H])c([2H])c1[2H]. The van der Waals surface area contributed by atoms with Crippen molar-refractivity contribution < 1.29 is 41.1 Å². The maximum absolute atomic E-state index is 10.1. The average molecular weight is 808 g/mol. The van der Waals surface area contributed by atoms with Crippen molar-refractivity contribution in [3.05, 3.63) is 236 Å². The van der Waals surface area contributed by atoms with E-state index in [9.17, 15) is 13.7 Å². The molecule has 0 atom stereocenters. The summed E-state index contributed by atoms with van der Waals surface area (Å²) in [5.74, 6) is 0. The van der Waals surface area contributed by atoms with Crippen molar-refractivity contribution in [2.24, 2.45) is 0 Å². The van der Waals surface area contributed by atoms with E-state index in [-0.39, 0.29) is 66.3 Å².